The second kappa shape index (κ2) is 7.38. The molecule has 2 aliphatic rings. The normalized spacial score (nSPS) is 20.0. The topological polar surface area (TPSA) is 56.4 Å². The summed E-state index contributed by atoms with van der Waals surface area (Å²) in [7, 11) is 0. The van der Waals surface area contributed by atoms with E-state index >= 15 is 0 Å². The summed E-state index contributed by atoms with van der Waals surface area (Å²) in [6.45, 7) is 0.394. The predicted molar refractivity (Wildman–Crippen MR) is 123 cm³/mol. The Morgan fingerprint density at radius 3 is 2.31 bits per heavy atom. The van der Waals surface area contributed by atoms with Crippen LogP contribution in [0.1, 0.15) is 28.4 Å². The minimum absolute atomic E-state index is 0.0946. The minimum atomic E-state index is -0.477. The van der Waals surface area contributed by atoms with Crippen molar-refractivity contribution < 1.29 is 9.59 Å². The Bertz CT molecular complexity index is 1310. The van der Waals surface area contributed by atoms with Crippen LogP contribution >= 0.6 is 0 Å². The molecule has 0 bridgehead atoms. The summed E-state index contributed by atoms with van der Waals surface area (Å²) in [5.74, 6) is -0.0946. The number of H-pyrrole nitrogens is 1. The molecule has 4 aromatic rings. The Labute approximate surface area is 186 Å². The lowest BCUT2D eigenvalue weighted by molar-refractivity contribution is -0.128. The van der Waals surface area contributed by atoms with E-state index in [9.17, 15) is 9.59 Å². The van der Waals surface area contributed by atoms with E-state index in [0.29, 0.717) is 19.4 Å². The third-order valence-corrected chi connectivity index (χ3v) is 6.72. The molecule has 2 atom stereocenters. The van der Waals surface area contributed by atoms with Gasteiger partial charge in [-0.15, -0.1) is 0 Å². The summed E-state index contributed by atoms with van der Waals surface area (Å²) in [5, 5.41) is 1.13. The SMILES string of the molecule is O=C1C2Cc3c([nH]c4ccccc34)C(c3ccccc3)N2C(=O)N1CCc1ccccc1. The first-order valence-corrected chi connectivity index (χ1v) is 11.0. The average Bonchev–Trinajstić information content (AvgIpc) is 3.32. The van der Waals surface area contributed by atoms with Crippen LogP contribution in [0.25, 0.3) is 10.9 Å². The first-order valence-electron chi connectivity index (χ1n) is 11.0. The van der Waals surface area contributed by atoms with Gasteiger partial charge in [0.25, 0.3) is 5.91 Å². The van der Waals surface area contributed by atoms with Gasteiger partial charge in [-0.2, -0.15) is 0 Å². The van der Waals surface area contributed by atoms with Crippen LogP contribution in [0.5, 0.6) is 0 Å². The maximum absolute atomic E-state index is 13.6. The standard InChI is InChI=1S/C27H23N3O2/c31-26-23-17-21-20-13-7-8-14-22(20)28-24(21)25(19-11-5-2-6-12-19)30(23)27(32)29(26)16-15-18-9-3-1-4-10-18/h1-14,23,25,28H,15-17H2. The second-order valence-corrected chi connectivity index (χ2v) is 8.51. The van der Waals surface area contributed by atoms with Gasteiger partial charge in [0.15, 0.2) is 0 Å². The number of hydrogen-bond donors (Lipinski definition) is 1. The smallest absolute Gasteiger partial charge is 0.328 e. The lowest BCUT2D eigenvalue weighted by Crippen LogP contribution is -2.44. The monoisotopic (exact) mass is 421 g/mol. The van der Waals surface area contributed by atoms with Crippen LogP contribution in [0, 0.1) is 0 Å². The molecule has 1 fully saturated rings. The molecule has 32 heavy (non-hydrogen) atoms. The van der Waals surface area contributed by atoms with Crippen molar-refractivity contribution in [3.8, 4) is 0 Å². The molecule has 3 amide bonds. The third kappa shape index (κ3) is 2.85. The molecule has 3 aromatic carbocycles. The second-order valence-electron chi connectivity index (χ2n) is 8.51. The van der Waals surface area contributed by atoms with Gasteiger partial charge in [-0.05, 0) is 29.2 Å². The highest BCUT2D eigenvalue weighted by Crippen LogP contribution is 2.43. The number of rotatable bonds is 4. The Morgan fingerprint density at radius 1 is 0.844 bits per heavy atom. The molecule has 1 aromatic heterocycles. The van der Waals surface area contributed by atoms with E-state index in [1.54, 1.807) is 4.90 Å². The fourth-order valence-corrected chi connectivity index (χ4v) is 5.20. The van der Waals surface area contributed by atoms with Gasteiger partial charge in [0.1, 0.15) is 12.1 Å². The number of amides is 3. The van der Waals surface area contributed by atoms with Crippen LogP contribution in [0.2, 0.25) is 0 Å². The third-order valence-electron chi connectivity index (χ3n) is 6.72. The van der Waals surface area contributed by atoms with Crippen LogP contribution in [-0.4, -0.2) is 39.3 Å². The molecule has 5 nitrogen and oxygen atoms in total. The van der Waals surface area contributed by atoms with Gasteiger partial charge in [0.05, 0.1) is 0 Å². The number of hydrogen-bond acceptors (Lipinski definition) is 2. The zero-order chi connectivity index (χ0) is 21.7. The Hall–Kier alpha value is -3.86. The zero-order valence-corrected chi connectivity index (χ0v) is 17.6. The van der Waals surface area contributed by atoms with Crippen LogP contribution in [0.3, 0.4) is 0 Å². The summed E-state index contributed by atoms with van der Waals surface area (Å²) >= 11 is 0. The lowest BCUT2D eigenvalue weighted by Gasteiger charge is -2.36. The summed E-state index contributed by atoms with van der Waals surface area (Å²) in [4.78, 5) is 33.9. The van der Waals surface area contributed by atoms with E-state index in [1.807, 2.05) is 72.8 Å². The lowest BCUT2D eigenvalue weighted by atomic mass is 9.89. The van der Waals surface area contributed by atoms with Crippen molar-refractivity contribution >= 4 is 22.8 Å². The summed E-state index contributed by atoms with van der Waals surface area (Å²) in [6.07, 6.45) is 1.19. The first-order chi connectivity index (χ1) is 15.7. The molecule has 1 saturated heterocycles. The summed E-state index contributed by atoms with van der Waals surface area (Å²) in [5.41, 5.74) is 5.33. The molecule has 1 N–H and O–H groups in total. The number of para-hydroxylation sites is 1. The van der Waals surface area contributed by atoms with Crippen molar-refractivity contribution in [3.05, 3.63) is 107 Å². The number of carbonyl (C=O) groups excluding carboxylic acids is 2. The van der Waals surface area contributed by atoms with Crippen LogP contribution in [0.15, 0.2) is 84.9 Å². The number of fused-ring (bicyclic) bond motifs is 4. The van der Waals surface area contributed by atoms with E-state index in [0.717, 1.165) is 33.3 Å². The van der Waals surface area contributed by atoms with E-state index in [2.05, 4.69) is 17.1 Å². The molecule has 2 aliphatic heterocycles. The van der Waals surface area contributed by atoms with Gasteiger partial charge in [-0.1, -0.05) is 78.9 Å². The van der Waals surface area contributed by atoms with Gasteiger partial charge in [0, 0.05) is 29.6 Å². The molecular weight excluding hydrogens is 398 g/mol. The molecule has 3 heterocycles. The molecule has 0 spiro atoms. The van der Waals surface area contributed by atoms with E-state index in [1.165, 1.54) is 4.90 Å². The van der Waals surface area contributed by atoms with E-state index in [-0.39, 0.29) is 18.0 Å². The van der Waals surface area contributed by atoms with Gasteiger partial charge in [0.2, 0.25) is 0 Å². The highest BCUT2D eigenvalue weighted by Gasteiger charge is 2.52. The van der Waals surface area contributed by atoms with Crippen molar-refractivity contribution in [1.29, 1.82) is 0 Å². The van der Waals surface area contributed by atoms with Gasteiger partial charge in [-0.25, -0.2) is 4.79 Å². The Balaban J connectivity index is 1.42. The maximum Gasteiger partial charge on any atom is 0.328 e. The molecular formula is C27H23N3O2. The summed E-state index contributed by atoms with van der Waals surface area (Å²) < 4.78 is 0. The largest absolute Gasteiger partial charge is 0.356 e. The molecule has 158 valence electrons. The minimum Gasteiger partial charge on any atom is -0.356 e. The molecule has 0 radical (unpaired) electrons. The first kappa shape index (κ1) is 18.9. The predicted octanol–water partition coefficient (Wildman–Crippen LogP) is 4.69. The average molecular weight is 422 g/mol. The Kier molecular flexibility index (Phi) is 4.35. The number of carbonyl (C=O) groups is 2. The van der Waals surface area contributed by atoms with Crippen molar-refractivity contribution in [2.24, 2.45) is 0 Å². The van der Waals surface area contributed by atoms with Crippen LogP contribution < -0.4 is 0 Å². The number of imide groups is 1. The van der Waals surface area contributed by atoms with E-state index < -0.39 is 6.04 Å². The fourth-order valence-electron chi connectivity index (χ4n) is 5.20. The van der Waals surface area contributed by atoms with Crippen molar-refractivity contribution in [2.45, 2.75) is 24.9 Å². The molecule has 5 heteroatoms. The summed E-state index contributed by atoms with van der Waals surface area (Å²) in [6, 6.07) is 27.2. The van der Waals surface area contributed by atoms with Gasteiger partial charge < -0.3 is 4.98 Å². The molecule has 2 unspecified atom stereocenters. The number of benzene rings is 3. The number of nitrogens with zero attached hydrogens (tertiary/aromatic N) is 2. The van der Waals surface area contributed by atoms with Gasteiger partial charge >= 0.3 is 6.03 Å². The van der Waals surface area contributed by atoms with Crippen LogP contribution in [-0.2, 0) is 17.6 Å². The number of urea groups is 1. The number of aromatic amines is 1. The molecule has 6 rings (SSSR count). The maximum atomic E-state index is 13.6. The Morgan fingerprint density at radius 2 is 1.53 bits per heavy atom. The van der Waals surface area contributed by atoms with Crippen molar-refractivity contribution in [2.75, 3.05) is 6.54 Å². The highest BCUT2D eigenvalue weighted by atomic mass is 16.2. The van der Waals surface area contributed by atoms with Gasteiger partial charge in [-0.3, -0.25) is 14.6 Å². The fraction of sp³-hybridized carbons (Fsp3) is 0.185. The van der Waals surface area contributed by atoms with Crippen molar-refractivity contribution in [3.63, 3.8) is 0 Å². The van der Waals surface area contributed by atoms with Crippen LogP contribution in [0.4, 0.5) is 4.79 Å². The molecule has 0 aliphatic carbocycles. The highest BCUT2D eigenvalue weighted by molar-refractivity contribution is 6.05. The number of aromatic nitrogens is 1. The molecule has 0 saturated carbocycles. The van der Waals surface area contributed by atoms with E-state index in [4.69, 9.17) is 0 Å². The number of nitrogens with one attached hydrogen (secondary N) is 1. The zero-order valence-electron chi connectivity index (χ0n) is 17.6. The quantitative estimate of drug-likeness (QED) is 0.486. The van der Waals surface area contributed by atoms with Crippen molar-refractivity contribution in [1.82, 2.24) is 14.8 Å².